The standard InChI is InChI=1S/C26H25N5O3S/c1-18-6-10-21(11-7-18)31-25(20-8-12-22(33-3)13-9-20)29-30-26(31)35-17-24(32)28-27-16-19(2)15-23-5-4-14-34-23/h4-16H,17H2,1-3H3,(H,28,32)/b19-15+,27-16?. The van der Waals surface area contributed by atoms with Crippen LogP contribution in [0.5, 0.6) is 5.75 Å². The van der Waals surface area contributed by atoms with Crippen molar-refractivity contribution in [3.63, 3.8) is 0 Å². The van der Waals surface area contributed by atoms with Gasteiger partial charge >= 0.3 is 0 Å². The number of carbonyl (C=O) groups excluding carboxylic acids is 1. The zero-order chi connectivity index (χ0) is 24.6. The van der Waals surface area contributed by atoms with Crippen molar-refractivity contribution in [3.05, 3.63) is 83.8 Å². The van der Waals surface area contributed by atoms with Gasteiger partial charge in [-0.1, -0.05) is 29.5 Å². The van der Waals surface area contributed by atoms with Crippen LogP contribution in [0, 0.1) is 6.92 Å². The number of hydrogen-bond donors (Lipinski definition) is 1. The zero-order valence-electron chi connectivity index (χ0n) is 19.6. The first-order valence-corrected chi connectivity index (χ1v) is 11.9. The Morgan fingerprint density at radius 2 is 1.91 bits per heavy atom. The topological polar surface area (TPSA) is 94.5 Å². The highest BCUT2D eigenvalue weighted by molar-refractivity contribution is 7.99. The maximum atomic E-state index is 12.4. The molecule has 35 heavy (non-hydrogen) atoms. The van der Waals surface area contributed by atoms with E-state index >= 15 is 0 Å². The van der Waals surface area contributed by atoms with Crippen LogP contribution in [-0.2, 0) is 4.79 Å². The molecule has 8 nitrogen and oxygen atoms in total. The first-order chi connectivity index (χ1) is 17.0. The lowest BCUT2D eigenvalue weighted by Crippen LogP contribution is -2.20. The summed E-state index contributed by atoms with van der Waals surface area (Å²) >= 11 is 1.29. The molecule has 0 spiro atoms. The number of rotatable bonds is 9. The summed E-state index contributed by atoms with van der Waals surface area (Å²) in [4.78, 5) is 12.4. The fourth-order valence-corrected chi connectivity index (χ4v) is 3.96. The quantitative estimate of drug-likeness (QED) is 0.200. The van der Waals surface area contributed by atoms with Crippen molar-refractivity contribution in [2.45, 2.75) is 19.0 Å². The highest BCUT2D eigenvalue weighted by Gasteiger charge is 2.17. The number of carbonyl (C=O) groups is 1. The maximum Gasteiger partial charge on any atom is 0.250 e. The van der Waals surface area contributed by atoms with Crippen LogP contribution >= 0.6 is 11.8 Å². The number of aryl methyl sites for hydroxylation is 1. The summed E-state index contributed by atoms with van der Waals surface area (Å²) in [5.41, 5.74) is 6.34. The molecule has 1 N–H and O–H groups in total. The molecule has 1 amide bonds. The molecule has 2 heterocycles. The lowest BCUT2D eigenvalue weighted by Gasteiger charge is -2.11. The Hall–Kier alpha value is -4.11. The third-order valence-electron chi connectivity index (χ3n) is 4.98. The van der Waals surface area contributed by atoms with Crippen molar-refractivity contribution in [3.8, 4) is 22.8 Å². The Morgan fingerprint density at radius 1 is 1.14 bits per heavy atom. The first kappa shape index (κ1) is 24.0. The number of hydrogen-bond acceptors (Lipinski definition) is 7. The van der Waals surface area contributed by atoms with Crippen LogP contribution < -0.4 is 10.2 Å². The summed E-state index contributed by atoms with van der Waals surface area (Å²) in [5.74, 6) is 2.04. The lowest BCUT2D eigenvalue weighted by molar-refractivity contribution is -0.118. The second kappa shape index (κ2) is 11.3. The van der Waals surface area contributed by atoms with Crippen LogP contribution in [-0.4, -0.2) is 39.7 Å². The van der Waals surface area contributed by atoms with Gasteiger partial charge in [0.05, 0.1) is 25.3 Å². The number of nitrogens with zero attached hydrogens (tertiary/aromatic N) is 4. The molecule has 4 rings (SSSR count). The van der Waals surface area contributed by atoms with E-state index in [9.17, 15) is 4.79 Å². The molecule has 0 bridgehead atoms. The number of methoxy groups -OCH3 is 1. The van der Waals surface area contributed by atoms with Gasteiger partial charge in [-0.15, -0.1) is 10.2 Å². The maximum absolute atomic E-state index is 12.4. The summed E-state index contributed by atoms with van der Waals surface area (Å²) in [5, 5.41) is 13.4. The molecule has 0 radical (unpaired) electrons. The normalized spacial score (nSPS) is 11.7. The molecular weight excluding hydrogens is 462 g/mol. The van der Waals surface area contributed by atoms with E-state index in [1.165, 1.54) is 11.8 Å². The second-order valence-corrected chi connectivity index (χ2v) is 8.63. The molecule has 9 heteroatoms. The van der Waals surface area contributed by atoms with Crippen molar-refractivity contribution in [1.29, 1.82) is 0 Å². The molecule has 4 aromatic rings. The smallest absolute Gasteiger partial charge is 0.250 e. The molecule has 0 saturated heterocycles. The van der Waals surface area contributed by atoms with Crippen molar-refractivity contribution in [2.24, 2.45) is 5.10 Å². The van der Waals surface area contributed by atoms with E-state index in [-0.39, 0.29) is 11.7 Å². The summed E-state index contributed by atoms with van der Waals surface area (Å²) < 4.78 is 12.5. The van der Waals surface area contributed by atoms with E-state index < -0.39 is 0 Å². The molecule has 0 fully saturated rings. The Labute approximate surface area is 207 Å². The van der Waals surface area contributed by atoms with E-state index in [1.807, 2.05) is 85.2 Å². The molecular formula is C26H25N5O3S. The Bertz CT molecular complexity index is 1320. The lowest BCUT2D eigenvalue weighted by atomic mass is 10.2. The molecule has 2 aromatic heterocycles. The van der Waals surface area contributed by atoms with Gasteiger partial charge in [-0.25, -0.2) is 5.43 Å². The number of thioether (sulfide) groups is 1. The van der Waals surface area contributed by atoms with Gasteiger partial charge in [0, 0.05) is 11.3 Å². The van der Waals surface area contributed by atoms with E-state index in [4.69, 9.17) is 9.15 Å². The van der Waals surface area contributed by atoms with Gasteiger partial charge in [0.2, 0.25) is 0 Å². The second-order valence-electron chi connectivity index (χ2n) is 7.69. The van der Waals surface area contributed by atoms with Gasteiger partial charge in [-0.2, -0.15) is 5.10 Å². The molecule has 2 aromatic carbocycles. The molecule has 0 aliphatic carbocycles. The van der Waals surface area contributed by atoms with Crippen molar-refractivity contribution in [2.75, 3.05) is 12.9 Å². The number of allylic oxidation sites excluding steroid dienone is 1. The van der Waals surface area contributed by atoms with Gasteiger partial charge in [0.25, 0.3) is 5.91 Å². The number of hydrazone groups is 1. The summed E-state index contributed by atoms with van der Waals surface area (Å²) in [6.45, 7) is 3.91. The molecule has 178 valence electrons. The van der Waals surface area contributed by atoms with E-state index in [0.29, 0.717) is 11.0 Å². The van der Waals surface area contributed by atoms with Crippen LogP contribution in [0.2, 0.25) is 0 Å². The minimum atomic E-state index is -0.249. The Morgan fingerprint density at radius 3 is 2.60 bits per heavy atom. The number of furan rings is 1. The fraction of sp³-hybridized carbons (Fsp3) is 0.154. The van der Waals surface area contributed by atoms with Gasteiger partial charge < -0.3 is 9.15 Å². The van der Waals surface area contributed by atoms with Gasteiger partial charge in [-0.05, 0) is 74.0 Å². The Balaban J connectivity index is 1.48. The predicted molar refractivity (Wildman–Crippen MR) is 138 cm³/mol. The van der Waals surface area contributed by atoms with Gasteiger partial charge in [0.15, 0.2) is 11.0 Å². The van der Waals surface area contributed by atoms with E-state index in [0.717, 1.165) is 33.9 Å². The van der Waals surface area contributed by atoms with Crippen LogP contribution in [0.1, 0.15) is 18.2 Å². The zero-order valence-corrected chi connectivity index (χ0v) is 20.5. The molecule has 0 unspecified atom stereocenters. The summed E-state index contributed by atoms with van der Waals surface area (Å²) in [7, 11) is 1.63. The molecule has 0 atom stereocenters. The number of amides is 1. The highest BCUT2D eigenvalue weighted by atomic mass is 32.2. The number of aromatic nitrogens is 3. The van der Waals surface area contributed by atoms with E-state index in [2.05, 4.69) is 20.7 Å². The third-order valence-corrected chi connectivity index (χ3v) is 5.91. The van der Waals surface area contributed by atoms with Crippen molar-refractivity contribution >= 4 is 30.0 Å². The van der Waals surface area contributed by atoms with Gasteiger partial charge in [-0.3, -0.25) is 9.36 Å². The SMILES string of the molecule is COc1ccc(-c2nnc(SCC(=O)NN=C/C(C)=C/c3ccco3)n2-c2ccc(C)cc2)cc1. The highest BCUT2D eigenvalue weighted by Crippen LogP contribution is 2.29. The average molecular weight is 488 g/mol. The summed E-state index contributed by atoms with van der Waals surface area (Å²) in [6, 6.07) is 19.4. The molecule has 0 aliphatic rings. The van der Waals surface area contributed by atoms with Crippen molar-refractivity contribution < 1.29 is 13.9 Å². The van der Waals surface area contributed by atoms with Crippen LogP contribution in [0.4, 0.5) is 0 Å². The minimum Gasteiger partial charge on any atom is -0.497 e. The molecule has 0 aliphatic heterocycles. The average Bonchev–Trinajstić information content (AvgIpc) is 3.53. The minimum absolute atomic E-state index is 0.130. The largest absolute Gasteiger partial charge is 0.497 e. The molecule has 0 saturated carbocycles. The third kappa shape index (κ3) is 6.27. The van der Waals surface area contributed by atoms with Crippen LogP contribution in [0.15, 0.2) is 87.2 Å². The van der Waals surface area contributed by atoms with Crippen LogP contribution in [0.25, 0.3) is 23.2 Å². The number of nitrogens with one attached hydrogen (secondary N) is 1. The van der Waals surface area contributed by atoms with Gasteiger partial charge in [0.1, 0.15) is 11.5 Å². The number of ether oxygens (including phenoxy) is 1. The predicted octanol–water partition coefficient (Wildman–Crippen LogP) is 5.14. The Kier molecular flexibility index (Phi) is 7.79. The monoisotopic (exact) mass is 487 g/mol. The summed E-state index contributed by atoms with van der Waals surface area (Å²) in [6.07, 6.45) is 5.00. The first-order valence-electron chi connectivity index (χ1n) is 10.9. The van der Waals surface area contributed by atoms with Crippen LogP contribution in [0.3, 0.4) is 0 Å². The fourth-order valence-electron chi connectivity index (χ4n) is 3.22. The van der Waals surface area contributed by atoms with E-state index in [1.54, 1.807) is 19.6 Å². The number of benzene rings is 2. The van der Waals surface area contributed by atoms with Crippen molar-refractivity contribution in [1.82, 2.24) is 20.2 Å².